The van der Waals surface area contributed by atoms with Gasteiger partial charge in [0.25, 0.3) is 0 Å². The van der Waals surface area contributed by atoms with Crippen LogP contribution in [0.15, 0.2) is 12.1 Å². The smallest absolute Gasteiger partial charge is 0.227 e. The highest BCUT2D eigenvalue weighted by atomic mass is 35.5. The monoisotopic (exact) mass is 278 g/mol. The van der Waals surface area contributed by atoms with Crippen LogP contribution in [0.25, 0.3) is 0 Å². The predicted molar refractivity (Wildman–Crippen MR) is 67.9 cm³/mol. The van der Waals surface area contributed by atoms with E-state index in [-0.39, 0.29) is 27.6 Å². The Morgan fingerprint density at radius 1 is 1.47 bits per heavy atom. The van der Waals surface area contributed by atoms with E-state index in [1.54, 1.807) is 6.92 Å². The number of hydrogen-bond acceptors (Lipinski definition) is 2. The van der Waals surface area contributed by atoms with Crippen molar-refractivity contribution in [2.75, 3.05) is 11.9 Å². The maximum absolute atomic E-state index is 12.9. The summed E-state index contributed by atoms with van der Waals surface area (Å²) >= 11 is 11.6. The zero-order valence-corrected chi connectivity index (χ0v) is 10.8. The van der Waals surface area contributed by atoms with Gasteiger partial charge in [-0.1, -0.05) is 30.1 Å². The summed E-state index contributed by atoms with van der Waals surface area (Å²) in [5.74, 6) is -1.05. The predicted octanol–water partition coefficient (Wildman–Crippen LogP) is 3.06. The molecule has 3 N–H and O–H groups in total. The molecular formula is C11H13Cl2FN2O. The van der Waals surface area contributed by atoms with Crippen molar-refractivity contribution in [2.45, 2.75) is 13.3 Å². The highest BCUT2D eigenvalue weighted by molar-refractivity contribution is 6.39. The second-order valence-electron chi connectivity index (χ2n) is 3.71. The van der Waals surface area contributed by atoms with Gasteiger partial charge in [0.05, 0.1) is 15.7 Å². The molecule has 0 aliphatic carbocycles. The van der Waals surface area contributed by atoms with E-state index in [1.165, 1.54) is 0 Å². The number of halogens is 3. The van der Waals surface area contributed by atoms with Gasteiger partial charge < -0.3 is 11.1 Å². The van der Waals surface area contributed by atoms with E-state index >= 15 is 0 Å². The molecule has 1 amide bonds. The third-order valence-corrected chi connectivity index (χ3v) is 2.90. The summed E-state index contributed by atoms with van der Waals surface area (Å²) in [5, 5.41) is 2.71. The fourth-order valence-corrected chi connectivity index (χ4v) is 1.84. The number of amides is 1. The van der Waals surface area contributed by atoms with Gasteiger partial charge in [-0.25, -0.2) is 4.39 Å². The number of rotatable bonds is 4. The van der Waals surface area contributed by atoms with Crippen LogP contribution in [0.2, 0.25) is 10.0 Å². The normalized spacial score (nSPS) is 12.3. The maximum Gasteiger partial charge on any atom is 0.227 e. The lowest BCUT2D eigenvalue weighted by Gasteiger charge is -2.13. The standard InChI is InChI=1S/C11H13Cl2FN2O/c1-6(2-3-15)11(17)16-10-8(12)4-7(14)5-9(10)13/h4-6H,2-3,15H2,1H3,(H,16,17). The van der Waals surface area contributed by atoms with Crippen LogP contribution in [0, 0.1) is 11.7 Å². The van der Waals surface area contributed by atoms with E-state index in [9.17, 15) is 9.18 Å². The molecule has 17 heavy (non-hydrogen) atoms. The lowest BCUT2D eigenvalue weighted by molar-refractivity contribution is -0.119. The van der Waals surface area contributed by atoms with Crippen molar-refractivity contribution >= 4 is 34.8 Å². The van der Waals surface area contributed by atoms with E-state index in [2.05, 4.69) is 5.32 Å². The fraction of sp³-hybridized carbons (Fsp3) is 0.364. The molecule has 1 aromatic rings. The summed E-state index contributed by atoms with van der Waals surface area (Å²) in [7, 11) is 0. The van der Waals surface area contributed by atoms with Gasteiger partial charge in [-0.3, -0.25) is 4.79 Å². The molecule has 0 aliphatic rings. The highest BCUT2D eigenvalue weighted by Gasteiger charge is 2.16. The van der Waals surface area contributed by atoms with E-state index in [1.807, 2.05) is 0 Å². The summed E-state index contributed by atoms with van der Waals surface area (Å²) in [6, 6.07) is 2.19. The Labute approximate surface area is 109 Å². The molecule has 0 aromatic heterocycles. The van der Waals surface area contributed by atoms with E-state index in [0.29, 0.717) is 13.0 Å². The first-order valence-corrected chi connectivity index (χ1v) is 5.86. The van der Waals surface area contributed by atoms with E-state index in [4.69, 9.17) is 28.9 Å². The number of benzene rings is 1. The molecule has 0 heterocycles. The van der Waals surface area contributed by atoms with Gasteiger partial charge in [0.1, 0.15) is 5.82 Å². The molecule has 0 spiro atoms. The number of hydrogen-bond donors (Lipinski definition) is 2. The van der Waals surface area contributed by atoms with Gasteiger partial charge in [-0.2, -0.15) is 0 Å². The van der Waals surface area contributed by atoms with Gasteiger partial charge >= 0.3 is 0 Å². The molecule has 0 bridgehead atoms. The first kappa shape index (κ1) is 14.2. The SMILES string of the molecule is CC(CCN)C(=O)Nc1c(Cl)cc(F)cc1Cl. The highest BCUT2D eigenvalue weighted by Crippen LogP contribution is 2.31. The molecule has 0 saturated carbocycles. The maximum atomic E-state index is 12.9. The number of nitrogens with one attached hydrogen (secondary N) is 1. The summed E-state index contributed by atoms with van der Waals surface area (Å²) < 4.78 is 12.9. The van der Waals surface area contributed by atoms with Crippen molar-refractivity contribution in [2.24, 2.45) is 11.7 Å². The summed E-state index contributed by atoms with van der Waals surface area (Å²) in [5.41, 5.74) is 5.58. The van der Waals surface area contributed by atoms with Crippen LogP contribution in [0.3, 0.4) is 0 Å². The van der Waals surface area contributed by atoms with Crippen LogP contribution in [0.5, 0.6) is 0 Å². The minimum Gasteiger partial charge on any atom is -0.330 e. The van der Waals surface area contributed by atoms with Gasteiger partial charge in [-0.05, 0) is 25.1 Å². The number of anilines is 1. The van der Waals surface area contributed by atoms with E-state index in [0.717, 1.165) is 12.1 Å². The molecule has 0 fully saturated rings. The Bertz CT molecular complexity index is 403. The minimum absolute atomic E-state index is 0.0725. The van der Waals surface area contributed by atoms with Crippen molar-refractivity contribution in [1.29, 1.82) is 0 Å². The fourth-order valence-electron chi connectivity index (χ4n) is 1.29. The van der Waals surface area contributed by atoms with Crippen LogP contribution in [-0.2, 0) is 4.79 Å². The second kappa shape index (κ2) is 6.19. The summed E-state index contributed by atoms with van der Waals surface area (Å²) in [4.78, 5) is 11.7. The van der Waals surface area contributed by atoms with Crippen LogP contribution in [0.4, 0.5) is 10.1 Å². The molecule has 1 rings (SSSR count). The first-order valence-electron chi connectivity index (χ1n) is 5.11. The van der Waals surface area contributed by atoms with Crippen molar-refractivity contribution < 1.29 is 9.18 Å². The molecule has 6 heteroatoms. The third-order valence-electron chi connectivity index (χ3n) is 2.30. The Hall–Kier alpha value is -0.840. The zero-order valence-electron chi connectivity index (χ0n) is 9.27. The first-order chi connectivity index (χ1) is 7.95. The van der Waals surface area contributed by atoms with Crippen LogP contribution < -0.4 is 11.1 Å². The largest absolute Gasteiger partial charge is 0.330 e. The Morgan fingerprint density at radius 2 is 2.00 bits per heavy atom. The summed E-state index contributed by atoms with van der Waals surface area (Å²) in [6.07, 6.45) is 0.558. The van der Waals surface area contributed by atoms with Crippen LogP contribution >= 0.6 is 23.2 Å². The van der Waals surface area contributed by atoms with Gasteiger partial charge in [-0.15, -0.1) is 0 Å². The number of carbonyl (C=O) groups is 1. The molecule has 0 aliphatic heterocycles. The molecule has 1 atom stereocenters. The molecular weight excluding hydrogens is 266 g/mol. The van der Waals surface area contributed by atoms with Gasteiger partial charge in [0.2, 0.25) is 5.91 Å². The molecule has 1 unspecified atom stereocenters. The molecule has 3 nitrogen and oxygen atoms in total. The zero-order chi connectivity index (χ0) is 13.0. The Balaban J connectivity index is 2.85. The van der Waals surface area contributed by atoms with Crippen molar-refractivity contribution in [3.63, 3.8) is 0 Å². The van der Waals surface area contributed by atoms with Crippen LogP contribution in [-0.4, -0.2) is 12.5 Å². The Morgan fingerprint density at radius 3 is 2.47 bits per heavy atom. The Kier molecular flexibility index (Phi) is 5.18. The van der Waals surface area contributed by atoms with E-state index < -0.39 is 5.82 Å². The van der Waals surface area contributed by atoms with Crippen molar-refractivity contribution in [1.82, 2.24) is 0 Å². The second-order valence-corrected chi connectivity index (χ2v) is 4.53. The van der Waals surface area contributed by atoms with Crippen LogP contribution in [0.1, 0.15) is 13.3 Å². The molecule has 94 valence electrons. The average molecular weight is 279 g/mol. The molecule has 0 radical (unpaired) electrons. The molecule has 0 saturated heterocycles. The lowest BCUT2D eigenvalue weighted by atomic mass is 10.1. The number of nitrogens with two attached hydrogens (primary N) is 1. The van der Waals surface area contributed by atoms with Gasteiger partial charge in [0.15, 0.2) is 0 Å². The average Bonchev–Trinajstić information content (AvgIpc) is 2.23. The third kappa shape index (κ3) is 3.84. The number of carbonyl (C=O) groups excluding carboxylic acids is 1. The minimum atomic E-state index is -0.548. The summed E-state index contributed by atoms with van der Waals surface area (Å²) in [6.45, 7) is 2.16. The quantitative estimate of drug-likeness (QED) is 0.890. The topological polar surface area (TPSA) is 55.1 Å². The van der Waals surface area contributed by atoms with Crippen molar-refractivity contribution in [3.05, 3.63) is 28.0 Å². The van der Waals surface area contributed by atoms with Crippen molar-refractivity contribution in [3.8, 4) is 0 Å². The molecule has 1 aromatic carbocycles. The lowest BCUT2D eigenvalue weighted by Crippen LogP contribution is -2.23. The van der Waals surface area contributed by atoms with Gasteiger partial charge in [0, 0.05) is 5.92 Å².